The molecule has 0 saturated carbocycles. The lowest BCUT2D eigenvalue weighted by Crippen LogP contribution is -2.56. The second-order valence-electron chi connectivity index (χ2n) is 4.33. The molecule has 0 radical (unpaired) electrons. The van der Waals surface area contributed by atoms with Crippen molar-refractivity contribution < 1.29 is 23.5 Å². The average molecular weight is 270 g/mol. The number of halogens is 2. The van der Waals surface area contributed by atoms with E-state index in [0.29, 0.717) is 0 Å². The first-order valence-electron chi connectivity index (χ1n) is 5.67. The molecule has 0 spiro atoms. The van der Waals surface area contributed by atoms with E-state index in [9.17, 15) is 18.4 Å². The van der Waals surface area contributed by atoms with Crippen molar-refractivity contribution >= 4 is 12.0 Å². The number of benzene rings is 1. The zero-order valence-corrected chi connectivity index (χ0v) is 9.90. The summed E-state index contributed by atoms with van der Waals surface area (Å²) in [5.41, 5.74) is 0.0451. The Labute approximate surface area is 107 Å². The molecule has 7 heteroatoms. The summed E-state index contributed by atoms with van der Waals surface area (Å²) in [7, 11) is 0. The molecule has 0 atom stereocenters. The highest BCUT2D eigenvalue weighted by molar-refractivity contribution is 5.79. The molecule has 1 aromatic rings. The molecule has 1 saturated heterocycles. The van der Waals surface area contributed by atoms with Gasteiger partial charge in [-0.15, -0.1) is 0 Å². The van der Waals surface area contributed by atoms with Crippen molar-refractivity contribution in [1.82, 2.24) is 10.2 Å². The van der Waals surface area contributed by atoms with Gasteiger partial charge in [-0.3, -0.25) is 4.79 Å². The van der Waals surface area contributed by atoms with Crippen LogP contribution in [0.15, 0.2) is 18.2 Å². The molecule has 0 aliphatic carbocycles. The third-order valence-electron chi connectivity index (χ3n) is 2.96. The summed E-state index contributed by atoms with van der Waals surface area (Å²) >= 11 is 0. The van der Waals surface area contributed by atoms with Crippen molar-refractivity contribution in [2.45, 2.75) is 6.54 Å². The molecule has 1 aliphatic heterocycles. The summed E-state index contributed by atoms with van der Waals surface area (Å²) in [5.74, 6) is -2.67. The van der Waals surface area contributed by atoms with Gasteiger partial charge in [-0.2, -0.15) is 0 Å². The van der Waals surface area contributed by atoms with Crippen LogP contribution in [0.25, 0.3) is 0 Å². The van der Waals surface area contributed by atoms with Crippen LogP contribution in [0.1, 0.15) is 5.56 Å². The zero-order chi connectivity index (χ0) is 14.0. The van der Waals surface area contributed by atoms with Crippen molar-refractivity contribution in [1.29, 1.82) is 0 Å². The fraction of sp³-hybridized carbons (Fsp3) is 0.333. The van der Waals surface area contributed by atoms with E-state index in [1.54, 1.807) is 0 Å². The van der Waals surface area contributed by atoms with E-state index in [1.807, 2.05) is 0 Å². The first kappa shape index (κ1) is 13.3. The Morgan fingerprint density at radius 3 is 2.68 bits per heavy atom. The quantitative estimate of drug-likeness (QED) is 0.866. The maximum Gasteiger partial charge on any atom is 0.317 e. The van der Waals surface area contributed by atoms with E-state index in [-0.39, 0.29) is 25.2 Å². The second-order valence-corrected chi connectivity index (χ2v) is 4.33. The van der Waals surface area contributed by atoms with Crippen molar-refractivity contribution in [2.24, 2.45) is 5.92 Å². The van der Waals surface area contributed by atoms with Crippen LogP contribution in [0.5, 0.6) is 0 Å². The smallest absolute Gasteiger partial charge is 0.317 e. The predicted octanol–water partition coefficient (Wildman–Crippen LogP) is 1.19. The molecule has 1 fully saturated rings. The minimum absolute atomic E-state index is 0.0451. The van der Waals surface area contributed by atoms with Crippen LogP contribution in [0.3, 0.4) is 0 Å². The highest BCUT2D eigenvalue weighted by atomic mass is 19.1. The first-order valence-corrected chi connectivity index (χ1v) is 5.67. The lowest BCUT2D eigenvalue weighted by molar-refractivity contribution is -0.146. The van der Waals surface area contributed by atoms with Gasteiger partial charge in [0.2, 0.25) is 0 Å². The third kappa shape index (κ3) is 2.98. The van der Waals surface area contributed by atoms with Gasteiger partial charge in [-0.1, -0.05) is 0 Å². The topological polar surface area (TPSA) is 69.6 Å². The molecular weight excluding hydrogens is 258 g/mol. The van der Waals surface area contributed by atoms with Gasteiger partial charge in [0.15, 0.2) is 0 Å². The van der Waals surface area contributed by atoms with Crippen LogP contribution in [-0.2, 0) is 11.3 Å². The second kappa shape index (κ2) is 5.21. The van der Waals surface area contributed by atoms with Crippen molar-refractivity contribution in [3.8, 4) is 0 Å². The Hall–Kier alpha value is -2.18. The van der Waals surface area contributed by atoms with Gasteiger partial charge in [0, 0.05) is 25.2 Å². The number of hydrogen-bond acceptors (Lipinski definition) is 2. The Morgan fingerprint density at radius 1 is 1.37 bits per heavy atom. The minimum Gasteiger partial charge on any atom is -0.481 e. The van der Waals surface area contributed by atoms with E-state index < -0.39 is 29.6 Å². The number of hydrogen-bond donors (Lipinski definition) is 2. The number of amides is 2. The summed E-state index contributed by atoms with van der Waals surface area (Å²) < 4.78 is 26.2. The zero-order valence-electron chi connectivity index (χ0n) is 9.90. The normalized spacial score (nSPS) is 14.9. The number of nitrogens with zero attached hydrogens (tertiary/aromatic N) is 1. The number of nitrogens with one attached hydrogen (secondary N) is 1. The van der Waals surface area contributed by atoms with Gasteiger partial charge in [0.05, 0.1) is 5.92 Å². The minimum atomic E-state index is -0.944. The molecule has 5 nitrogen and oxygen atoms in total. The first-order chi connectivity index (χ1) is 8.97. The number of urea groups is 1. The Bertz CT molecular complexity index is 516. The molecule has 2 amide bonds. The number of likely N-dealkylation sites (tertiary alicyclic amines) is 1. The summed E-state index contributed by atoms with van der Waals surface area (Å²) in [6, 6.07) is 2.50. The van der Waals surface area contributed by atoms with Gasteiger partial charge in [-0.25, -0.2) is 13.6 Å². The van der Waals surface area contributed by atoms with Crippen LogP contribution < -0.4 is 5.32 Å². The van der Waals surface area contributed by atoms with E-state index in [0.717, 1.165) is 18.2 Å². The molecular formula is C12H12F2N2O3. The maximum atomic E-state index is 13.3. The van der Waals surface area contributed by atoms with Crippen molar-refractivity contribution in [3.63, 3.8) is 0 Å². The summed E-state index contributed by atoms with van der Waals surface area (Å²) in [6.45, 7) is 0.121. The Kier molecular flexibility index (Phi) is 3.64. The van der Waals surface area contributed by atoms with E-state index in [1.165, 1.54) is 4.90 Å². The number of carbonyl (C=O) groups excluding carboxylic acids is 1. The number of aliphatic carboxylic acids is 1. The van der Waals surface area contributed by atoms with E-state index in [4.69, 9.17) is 5.11 Å². The van der Waals surface area contributed by atoms with E-state index >= 15 is 0 Å². The number of rotatable bonds is 3. The van der Waals surface area contributed by atoms with Gasteiger partial charge >= 0.3 is 12.0 Å². The Balaban J connectivity index is 1.84. The van der Waals surface area contributed by atoms with Crippen LogP contribution in [-0.4, -0.2) is 35.1 Å². The molecule has 1 heterocycles. The maximum absolute atomic E-state index is 13.3. The molecule has 2 N–H and O–H groups in total. The van der Waals surface area contributed by atoms with Crippen molar-refractivity contribution in [3.05, 3.63) is 35.4 Å². The number of carbonyl (C=O) groups is 2. The van der Waals surface area contributed by atoms with Crippen LogP contribution in [0, 0.1) is 17.6 Å². The third-order valence-corrected chi connectivity index (χ3v) is 2.96. The molecule has 0 unspecified atom stereocenters. The molecule has 1 aromatic carbocycles. The lowest BCUT2D eigenvalue weighted by Gasteiger charge is -2.36. The van der Waals surface area contributed by atoms with Crippen LogP contribution in [0.4, 0.5) is 13.6 Å². The molecule has 0 aromatic heterocycles. The monoisotopic (exact) mass is 270 g/mol. The SMILES string of the molecule is O=C(O)C1CN(C(=O)NCc2cc(F)ccc2F)C1. The lowest BCUT2D eigenvalue weighted by atomic mass is 10.0. The molecule has 2 rings (SSSR count). The van der Waals surface area contributed by atoms with Gasteiger partial charge in [-0.05, 0) is 18.2 Å². The summed E-state index contributed by atoms with van der Waals surface area (Å²) in [5, 5.41) is 11.1. The fourth-order valence-corrected chi connectivity index (χ4v) is 1.76. The molecule has 102 valence electrons. The highest BCUT2D eigenvalue weighted by Crippen LogP contribution is 2.16. The number of carboxylic acids is 1. The largest absolute Gasteiger partial charge is 0.481 e. The summed E-state index contributed by atoms with van der Waals surface area (Å²) in [6.07, 6.45) is 0. The van der Waals surface area contributed by atoms with Crippen LogP contribution >= 0.6 is 0 Å². The fourth-order valence-electron chi connectivity index (χ4n) is 1.76. The van der Waals surface area contributed by atoms with Crippen molar-refractivity contribution in [2.75, 3.05) is 13.1 Å². The standard InChI is InChI=1S/C12H12F2N2O3/c13-9-1-2-10(14)7(3-9)4-15-12(19)16-5-8(6-16)11(17)18/h1-3,8H,4-6H2,(H,15,19)(H,17,18). The highest BCUT2D eigenvalue weighted by Gasteiger charge is 2.35. The van der Waals surface area contributed by atoms with E-state index in [2.05, 4.69) is 5.32 Å². The van der Waals surface area contributed by atoms with Gasteiger partial charge in [0.25, 0.3) is 0 Å². The predicted molar refractivity (Wildman–Crippen MR) is 61.3 cm³/mol. The Morgan fingerprint density at radius 2 is 2.05 bits per heavy atom. The average Bonchev–Trinajstić information content (AvgIpc) is 2.28. The van der Waals surface area contributed by atoms with Gasteiger partial charge in [0.1, 0.15) is 11.6 Å². The molecule has 1 aliphatic rings. The van der Waals surface area contributed by atoms with Crippen LogP contribution in [0.2, 0.25) is 0 Å². The van der Waals surface area contributed by atoms with Gasteiger partial charge < -0.3 is 15.3 Å². The number of carboxylic acid groups (broad SMARTS) is 1. The molecule has 19 heavy (non-hydrogen) atoms. The molecule has 0 bridgehead atoms. The summed E-state index contributed by atoms with van der Waals surface area (Å²) in [4.78, 5) is 23.4.